The van der Waals surface area contributed by atoms with Crippen LogP contribution in [-0.4, -0.2) is 25.7 Å². The standard InChI is InChI=1S/C20H19Cl2NO3/c21-14-2-1-12(17(22)10-14)3-6-23-19(24)11-16-15-5-8-25-18(15)9-13-4-7-26-20(13)16/h1-2,9-10H,3-8,11H2,(H,23,24). The van der Waals surface area contributed by atoms with Crippen LogP contribution in [0, 0.1) is 0 Å². The highest BCUT2D eigenvalue weighted by Gasteiger charge is 2.27. The van der Waals surface area contributed by atoms with E-state index in [2.05, 4.69) is 11.4 Å². The van der Waals surface area contributed by atoms with Gasteiger partial charge in [0.05, 0.1) is 19.6 Å². The molecule has 0 aromatic heterocycles. The van der Waals surface area contributed by atoms with Crippen molar-refractivity contribution in [1.82, 2.24) is 5.32 Å². The summed E-state index contributed by atoms with van der Waals surface area (Å²) in [7, 11) is 0. The van der Waals surface area contributed by atoms with E-state index in [1.54, 1.807) is 12.1 Å². The van der Waals surface area contributed by atoms with Crippen molar-refractivity contribution in [2.24, 2.45) is 0 Å². The second-order valence-corrected chi connectivity index (χ2v) is 7.37. The maximum absolute atomic E-state index is 12.5. The van der Waals surface area contributed by atoms with Gasteiger partial charge in [-0.1, -0.05) is 29.3 Å². The van der Waals surface area contributed by atoms with Crippen molar-refractivity contribution in [3.8, 4) is 11.5 Å². The molecule has 26 heavy (non-hydrogen) atoms. The van der Waals surface area contributed by atoms with Gasteiger partial charge >= 0.3 is 0 Å². The Hall–Kier alpha value is -1.91. The zero-order valence-electron chi connectivity index (χ0n) is 14.2. The molecule has 0 saturated carbocycles. The summed E-state index contributed by atoms with van der Waals surface area (Å²) in [6, 6.07) is 7.47. The van der Waals surface area contributed by atoms with E-state index in [1.807, 2.05) is 6.07 Å². The zero-order chi connectivity index (χ0) is 18.1. The smallest absolute Gasteiger partial charge is 0.224 e. The van der Waals surface area contributed by atoms with Gasteiger partial charge in [-0.3, -0.25) is 4.79 Å². The Morgan fingerprint density at radius 2 is 1.96 bits per heavy atom. The number of hydrogen-bond acceptors (Lipinski definition) is 3. The Morgan fingerprint density at radius 3 is 2.81 bits per heavy atom. The lowest BCUT2D eigenvalue weighted by Gasteiger charge is -2.13. The average molecular weight is 392 g/mol. The average Bonchev–Trinajstić information content (AvgIpc) is 3.25. The third-order valence-corrected chi connectivity index (χ3v) is 5.42. The number of amides is 1. The third kappa shape index (κ3) is 3.49. The summed E-state index contributed by atoms with van der Waals surface area (Å²) in [6.07, 6.45) is 2.67. The lowest BCUT2D eigenvalue weighted by atomic mass is 9.97. The van der Waals surface area contributed by atoms with Gasteiger partial charge < -0.3 is 14.8 Å². The quantitative estimate of drug-likeness (QED) is 0.843. The summed E-state index contributed by atoms with van der Waals surface area (Å²) in [5.41, 5.74) is 4.20. The largest absolute Gasteiger partial charge is 0.493 e. The summed E-state index contributed by atoms with van der Waals surface area (Å²) in [6.45, 7) is 1.86. The van der Waals surface area contributed by atoms with Crippen LogP contribution in [-0.2, 0) is 30.5 Å². The van der Waals surface area contributed by atoms with Gasteiger partial charge in [-0.15, -0.1) is 0 Å². The van der Waals surface area contributed by atoms with Crippen LogP contribution in [0.25, 0.3) is 0 Å². The van der Waals surface area contributed by atoms with Crippen LogP contribution >= 0.6 is 23.2 Å². The number of nitrogens with one attached hydrogen (secondary N) is 1. The first-order chi connectivity index (χ1) is 12.6. The van der Waals surface area contributed by atoms with Crippen LogP contribution in [0.2, 0.25) is 10.0 Å². The fourth-order valence-corrected chi connectivity index (χ4v) is 4.06. The maximum atomic E-state index is 12.5. The van der Waals surface area contributed by atoms with Crippen LogP contribution in [0.3, 0.4) is 0 Å². The van der Waals surface area contributed by atoms with E-state index in [0.29, 0.717) is 42.6 Å². The fourth-order valence-electron chi connectivity index (χ4n) is 3.56. The van der Waals surface area contributed by atoms with Crippen LogP contribution in [0.5, 0.6) is 11.5 Å². The second kappa shape index (κ2) is 7.37. The minimum Gasteiger partial charge on any atom is -0.493 e. The Kier molecular flexibility index (Phi) is 4.96. The summed E-state index contributed by atoms with van der Waals surface area (Å²) in [5, 5.41) is 4.21. The van der Waals surface area contributed by atoms with E-state index in [9.17, 15) is 4.79 Å². The first kappa shape index (κ1) is 17.5. The molecule has 0 spiro atoms. The molecule has 2 aromatic rings. The maximum Gasteiger partial charge on any atom is 0.224 e. The van der Waals surface area contributed by atoms with Crippen molar-refractivity contribution in [3.63, 3.8) is 0 Å². The molecule has 1 amide bonds. The minimum absolute atomic E-state index is 0.0203. The van der Waals surface area contributed by atoms with Gasteiger partial charge in [0.2, 0.25) is 5.91 Å². The van der Waals surface area contributed by atoms with Gasteiger partial charge in [-0.2, -0.15) is 0 Å². The highest BCUT2D eigenvalue weighted by Crippen LogP contribution is 2.40. The normalized spacial score (nSPS) is 14.4. The monoisotopic (exact) mass is 391 g/mol. The van der Waals surface area contributed by atoms with E-state index in [-0.39, 0.29) is 5.91 Å². The molecule has 2 aliphatic heterocycles. The van der Waals surface area contributed by atoms with Crippen molar-refractivity contribution in [2.75, 3.05) is 19.8 Å². The van der Waals surface area contributed by atoms with Gasteiger partial charge in [0, 0.05) is 46.1 Å². The molecule has 2 heterocycles. The molecule has 0 aliphatic carbocycles. The summed E-state index contributed by atoms with van der Waals surface area (Å²) >= 11 is 12.1. The first-order valence-electron chi connectivity index (χ1n) is 8.75. The van der Waals surface area contributed by atoms with Crippen molar-refractivity contribution >= 4 is 29.1 Å². The van der Waals surface area contributed by atoms with E-state index >= 15 is 0 Å². The van der Waals surface area contributed by atoms with Gasteiger partial charge in [0.1, 0.15) is 11.5 Å². The molecular formula is C20H19Cl2NO3. The molecule has 1 N–H and O–H groups in total. The molecule has 4 nitrogen and oxygen atoms in total. The van der Waals surface area contributed by atoms with Crippen molar-refractivity contribution in [2.45, 2.75) is 25.7 Å². The van der Waals surface area contributed by atoms with Gasteiger partial charge in [-0.25, -0.2) is 0 Å². The molecule has 0 radical (unpaired) electrons. The predicted octanol–water partition coefficient (Wildman–Crippen LogP) is 3.76. The Morgan fingerprint density at radius 1 is 1.12 bits per heavy atom. The van der Waals surface area contributed by atoms with Crippen LogP contribution in [0.1, 0.15) is 22.3 Å². The Bertz CT molecular complexity index is 834. The molecule has 0 unspecified atom stereocenters. The number of rotatable bonds is 5. The van der Waals surface area contributed by atoms with Crippen LogP contribution < -0.4 is 14.8 Å². The predicted molar refractivity (Wildman–Crippen MR) is 102 cm³/mol. The van der Waals surface area contributed by atoms with E-state index in [0.717, 1.165) is 46.6 Å². The van der Waals surface area contributed by atoms with E-state index < -0.39 is 0 Å². The Labute approximate surface area is 162 Å². The summed E-state index contributed by atoms with van der Waals surface area (Å²) in [5.74, 6) is 1.77. The van der Waals surface area contributed by atoms with Gasteiger partial charge in [-0.05, 0) is 30.2 Å². The number of fused-ring (bicyclic) bond motifs is 2. The molecule has 0 bridgehead atoms. The van der Waals surface area contributed by atoms with E-state index in [1.165, 1.54) is 0 Å². The molecule has 0 saturated heterocycles. The second-order valence-electron chi connectivity index (χ2n) is 6.53. The molecule has 2 aliphatic rings. The molecule has 0 fully saturated rings. The van der Waals surface area contributed by atoms with E-state index in [4.69, 9.17) is 32.7 Å². The number of carbonyl (C=O) groups is 1. The van der Waals surface area contributed by atoms with Crippen LogP contribution in [0.15, 0.2) is 24.3 Å². The zero-order valence-corrected chi connectivity index (χ0v) is 15.8. The van der Waals surface area contributed by atoms with Crippen molar-refractivity contribution in [3.05, 3.63) is 56.6 Å². The highest BCUT2D eigenvalue weighted by atomic mass is 35.5. The molecule has 2 aromatic carbocycles. The highest BCUT2D eigenvalue weighted by molar-refractivity contribution is 6.35. The third-order valence-electron chi connectivity index (χ3n) is 4.83. The topological polar surface area (TPSA) is 47.6 Å². The lowest BCUT2D eigenvalue weighted by Crippen LogP contribution is -2.27. The fraction of sp³-hybridized carbons (Fsp3) is 0.350. The molecule has 6 heteroatoms. The number of hydrogen-bond donors (Lipinski definition) is 1. The molecule has 136 valence electrons. The number of carbonyl (C=O) groups excluding carboxylic acids is 1. The summed E-state index contributed by atoms with van der Waals surface area (Å²) in [4.78, 5) is 12.5. The minimum atomic E-state index is -0.0203. The first-order valence-corrected chi connectivity index (χ1v) is 9.51. The van der Waals surface area contributed by atoms with Crippen LogP contribution in [0.4, 0.5) is 0 Å². The van der Waals surface area contributed by atoms with Gasteiger partial charge in [0.15, 0.2) is 0 Å². The number of ether oxygens (including phenoxy) is 2. The van der Waals surface area contributed by atoms with Crippen molar-refractivity contribution in [1.29, 1.82) is 0 Å². The Balaban J connectivity index is 1.41. The molecule has 0 atom stereocenters. The number of halogens is 2. The number of benzene rings is 2. The SMILES string of the molecule is O=C(Cc1c2c(cc3c1OCC3)OCC2)NCCc1ccc(Cl)cc1Cl. The van der Waals surface area contributed by atoms with Crippen molar-refractivity contribution < 1.29 is 14.3 Å². The molecule has 4 rings (SSSR count). The lowest BCUT2D eigenvalue weighted by molar-refractivity contribution is -0.120. The van der Waals surface area contributed by atoms with Gasteiger partial charge in [0.25, 0.3) is 0 Å². The summed E-state index contributed by atoms with van der Waals surface area (Å²) < 4.78 is 11.5. The molecular weight excluding hydrogens is 373 g/mol.